The molecule has 0 atom stereocenters. The Kier molecular flexibility index (Phi) is 7.42. The van der Waals surface area contributed by atoms with E-state index in [1.54, 1.807) is 0 Å². The minimum absolute atomic E-state index is 0.659. The molecule has 262 valence electrons. The standard InChI is InChI=1S/C51H32N4O/c1-3-14-33(15-4-1)35-18-13-19-36(28-35)51-53-44(34-16-5-2-6-17-34)32-45(54-51)38-29-37(40-26-27-52-49-43-22-9-12-25-48(43)56-50(40)49)30-39(31-38)55-46-23-10-7-20-41(46)42-21-8-11-24-47(42)55/h1-32H. The fourth-order valence-corrected chi connectivity index (χ4v) is 8.03. The zero-order valence-electron chi connectivity index (χ0n) is 30.2. The first-order valence-electron chi connectivity index (χ1n) is 18.8. The van der Waals surface area contributed by atoms with Crippen molar-refractivity contribution >= 4 is 43.9 Å². The van der Waals surface area contributed by atoms with Crippen LogP contribution in [-0.2, 0) is 0 Å². The Morgan fingerprint density at radius 3 is 1.73 bits per heavy atom. The zero-order chi connectivity index (χ0) is 37.0. The molecule has 0 aliphatic rings. The van der Waals surface area contributed by atoms with E-state index in [2.05, 4.69) is 162 Å². The number of rotatable bonds is 6. The van der Waals surface area contributed by atoms with E-state index in [0.717, 1.165) is 89.1 Å². The van der Waals surface area contributed by atoms with Crippen LogP contribution in [0.5, 0.6) is 0 Å². The van der Waals surface area contributed by atoms with Crippen LogP contribution in [0.3, 0.4) is 0 Å². The number of para-hydroxylation sites is 3. The lowest BCUT2D eigenvalue weighted by Gasteiger charge is -2.15. The van der Waals surface area contributed by atoms with Gasteiger partial charge in [0.1, 0.15) is 11.1 Å². The van der Waals surface area contributed by atoms with Crippen LogP contribution in [0.15, 0.2) is 199 Å². The lowest BCUT2D eigenvalue weighted by Crippen LogP contribution is -1.99. The smallest absolute Gasteiger partial charge is 0.161 e. The SMILES string of the molecule is c1ccc(-c2cccc(-c3nc(-c4ccccc4)cc(-c4cc(-c5ccnc6c5oc5ccccc56)cc(-n5c6ccccc6c6ccccc65)c4)n3)c2)cc1. The van der Waals surface area contributed by atoms with Gasteiger partial charge in [-0.25, -0.2) is 9.97 Å². The first-order chi connectivity index (χ1) is 27.7. The predicted molar refractivity (Wildman–Crippen MR) is 229 cm³/mol. The van der Waals surface area contributed by atoms with Crippen molar-refractivity contribution in [2.24, 2.45) is 0 Å². The van der Waals surface area contributed by atoms with E-state index in [1.807, 2.05) is 36.5 Å². The van der Waals surface area contributed by atoms with Gasteiger partial charge >= 0.3 is 0 Å². The number of pyridine rings is 1. The number of hydrogen-bond acceptors (Lipinski definition) is 4. The molecule has 5 heteroatoms. The average Bonchev–Trinajstić information content (AvgIpc) is 3.83. The van der Waals surface area contributed by atoms with Gasteiger partial charge in [-0.15, -0.1) is 0 Å². The van der Waals surface area contributed by atoms with E-state index in [9.17, 15) is 0 Å². The summed E-state index contributed by atoms with van der Waals surface area (Å²) in [6, 6.07) is 65.5. The van der Waals surface area contributed by atoms with Crippen LogP contribution in [0.2, 0.25) is 0 Å². The van der Waals surface area contributed by atoms with Crippen LogP contribution in [0, 0.1) is 0 Å². The lowest BCUT2D eigenvalue weighted by molar-refractivity contribution is 0.669. The van der Waals surface area contributed by atoms with Crippen LogP contribution in [-0.4, -0.2) is 19.5 Å². The second-order valence-electron chi connectivity index (χ2n) is 14.0. The van der Waals surface area contributed by atoms with Crippen LogP contribution in [0.1, 0.15) is 0 Å². The van der Waals surface area contributed by atoms with Gasteiger partial charge < -0.3 is 8.98 Å². The van der Waals surface area contributed by atoms with E-state index < -0.39 is 0 Å². The number of aromatic nitrogens is 4. The van der Waals surface area contributed by atoms with E-state index in [-0.39, 0.29) is 0 Å². The molecule has 0 spiro atoms. The first-order valence-corrected chi connectivity index (χ1v) is 18.8. The largest absolute Gasteiger partial charge is 0.454 e. The Labute approximate surface area is 322 Å². The molecule has 0 saturated carbocycles. The Morgan fingerprint density at radius 2 is 0.982 bits per heavy atom. The van der Waals surface area contributed by atoms with E-state index in [0.29, 0.717) is 5.82 Å². The average molecular weight is 717 g/mol. The van der Waals surface area contributed by atoms with Gasteiger partial charge in [-0.05, 0) is 77.4 Å². The summed E-state index contributed by atoms with van der Waals surface area (Å²) in [5.74, 6) is 0.659. The number of nitrogens with zero attached hydrogens (tertiary/aromatic N) is 4. The van der Waals surface area contributed by atoms with Gasteiger partial charge in [0.15, 0.2) is 11.4 Å². The van der Waals surface area contributed by atoms with E-state index in [1.165, 1.54) is 10.8 Å². The predicted octanol–water partition coefficient (Wildman–Crippen LogP) is 13.2. The molecule has 4 aromatic heterocycles. The van der Waals surface area contributed by atoms with Crippen molar-refractivity contribution in [3.63, 3.8) is 0 Å². The Morgan fingerprint density at radius 1 is 0.411 bits per heavy atom. The van der Waals surface area contributed by atoms with Crippen molar-refractivity contribution in [3.8, 4) is 61.8 Å². The van der Waals surface area contributed by atoms with Crippen molar-refractivity contribution in [1.29, 1.82) is 0 Å². The van der Waals surface area contributed by atoms with Crippen LogP contribution >= 0.6 is 0 Å². The lowest BCUT2D eigenvalue weighted by atomic mass is 9.98. The second kappa shape index (κ2) is 13.0. The second-order valence-corrected chi connectivity index (χ2v) is 14.0. The third-order valence-corrected chi connectivity index (χ3v) is 10.6. The molecule has 0 aliphatic heterocycles. The molecular weight excluding hydrogens is 685 g/mol. The molecule has 11 aromatic rings. The molecule has 11 rings (SSSR count). The fourth-order valence-electron chi connectivity index (χ4n) is 8.03. The molecule has 5 nitrogen and oxygen atoms in total. The highest BCUT2D eigenvalue weighted by molar-refractivity contribution is 6.10. The van der Waals surface area contributed by atoms with Gasteiger partial charge in [0.05, 0.1) is 22.4 Å². The van der Waals surface area contributed by atoms with Gasteiger partial charge in [0.25, 0.3) is 0 Å². The zero-order valence-corrected chi connectivity index (χ0v) is 30.2. The maximum Gasteiger partial charge on any atom is 0.161 e. The summed E-state index contributed by atoms with van der Waals surface area (Å²) in [5, 5.41) is 3.40. The topological polar surface area (TPSA) is 56.7 Å². The highest BCUT2D eigenvalue weighted by Gasteiger charge is 2.19. The van der Waals surface area contributed by atoms with Crippen molar-refractivity contribution in [1.82, 2.24) is 19.5 Å². The molecular formula is C51H32N4O. The van der Waals surface area contributed by atoms with Crippen molar-refractivity contribution < 1.29 is 4.42 Å². The number of hydrogen-bond donors (Lipinski definition) is 0. The highest BCUT2D eigenvalue weighted by atomic mass is 16.3. The molecule has 0 fully saturated rings. The summed E-state index contributed by atoms with van der Waals surface area (Å²) in [6.07, 6.45) is 1.88. The molecule has 0 bridgehead atoms. The quantitative estimate of drug-likeness (QED) is 0.172. The van der Waals surface area contributed by atoms with E-state index in [4.69, 9.17) is 19.4 Å². The summed E-state index contributed by atoms with van der Waals surface area (Å²) in [7, 11) is 0. The van der Waals surface area contributed by atoms with Crippen LogP contribution in [0.25, 0.3) is 106 Å². The molecule has 7 aromatic carbocycles. The molecule has 0 amide bonds. The normalized spacial score (nSPS) is 11.6. The molecule has 0 saturated heterocycles. The Balaban J connectivity index is 1.19. The van der Waals surface area contributed by atoms with Gasteiger partial charge in [0, 0.05) is 50.3 Å². The number of furan rings is 1. The Bertz CT molecular complexity index is 3200. The van der Waals surface area contributed by atoms with Crippen molar-refractivity contribution in [2.75, 3.05) is 0 Å². The van der Waals surface area contributed by atoms with Gasteiger partial charge in [-0.3, -0.25) is 4.98 Å². The highest BCUT2D eigenvalue weighted by Crippen LogP contribution is 2.40. The molecule has 0 unspecified atom stereocenters. The van der Waals surface area contributed by atoms with Crippen LogP contribution < -0.4 is 0 Å². The minimum atomic E-state index is 0.659. The number of benzene rings is 7. The summed E-state index contributed by atoms with van der Waals surface area (Å²) in [6.45, 7) is 0. The monoisotopic (exact) mass is 716 g/mol. The molecule has 4 heterocycles. The van der Waals surface area contributed by atoms with Gasteiger partial charge in [0.2, 0.25) is 0 Å². The summed E-state index contributed by atoms with van der Waals surface area (Å²) < 4.78 is 8.92. The third-order valence-electron chi connectivity index (χ3n) is 10.6. The summed E-state index contributed by atoms with van der Waals surface area (Å²) >= 11 is 0. The molecule has 0 radical (unpaired) electrons. The minimum Gasteiger partial charge on any atom is -0.454 e. The summed E-state index contributed by atoms with van der Waals surface area (Å²) in [5.41, 5.74) is 14.5. The molecule has 0 aliphatic carbocycles. The maximum atomic E-state index is 6.56. The maximum absolute atomic E-state index is 6.56. The van der Waals surface area contributed by atoms with Crippen molar-refractivity contribution in [2.45, 2.75) is 0 Å². The molecule has 0 N–H and O–H groups in total. The number of fused-ring (bicyclic) bond motifs is 6. The van der Waals surface area contributed by atoms with E-state index >= 15 is 0 Å². The van der Waals surface area contributed by atoms with Gasteiger partial charge in [-0.2, -0.15) is 0 Å². The van der Waals surface area contributed by atoms with Crippen LogP contribution in [0.4, 0.5) is 0 Å². The van der Waals surface area contributed by atoms with Gasteiger partial charge in [-0.1, -0.05) is 127 Å². The summed E-state index contributed by atoms with van der Waals surface area (Å²) in [4.78, 5) is 15.3. The molecule has 56 heavy (non-hydrogen) atoms. The Hall–Kier alpha value is -7.63. The first kappa shape index (κ1) is 31.9. The third kappa shape index (κ3) is 5.37. The fraction of sp³-hybridized carbons (Fsp3) is 0. The van der Waals surface area contributed by atoms with Crippen molar-refractivity contribution in [3.05, 3.63) is 194 Å².